The third kappa shape index (κ3) is 2.52. The van der Waals surface area contributed by atoms with E-state index >= 15 is 0 Å². The Morgan fingerprint density at radius 1 is 1.61 bits per heavy atom. The zero-order valence-corrected chi connectivity index (χ0v) is 10.5. The smallest absolute Gasteiger partial charge is 0.326 e. The quantitative estimate of drug-likeness (QED) is 0.869. The van der Waals surface area contributed by atoms with E-state index in [4.69, 9.17) is 4.74 Å². The van der Waals surface area contributed by atoms with Gasteiger partial charge in [0.15, 0.2) is 0 Å². The number of rotatable bonds is 3. The average molecular weight is 251 g/mol. The van der Waals surface area contributed by atoms with Crippen LogP contribution in [0.3, 0.4) is 0 Å². The third-order valence-electron chi connectivity index (χ3n) is 3.23. The number of hydrogen-bond donors (Lipinski definition) is 1. The third-order valence-corrected chi connectivity index (χ3v) is 3.23. The van der Waals surface area contributed by atoms with Crippen LogP contribution in [-0.2, 0) is 4.79 Å². The zero-order chi connectivity index (χ0) is 13.1. The SMILES string of the molecule is COc1ccnc(N2CCC(C)CC2C(=O)O)n1. The fraction of sp³-hybridized carbons (Fsp3) is 0.583. The van der Waals surface area contributed by atoms with Crippen LogP contribution in [0.4, 0.5) is 5.95 Å². The van der Waals surface area contributed by atoms with Crippen LogP contribution in [0.5, 0.6) is 5.88 Å². The number of aromatic nitrogens is 2. The molecule has 98 valence electrons. The highest BCUT2D eigenvalue weighted by molar-refractivity contribution is 5.77. The van der Waals surface area contributed by atoms with E-state index in [1.807, 2.05) is 0 Å². The number of methoxy groups -OCH3 is 1. The van der Waals surface area contributed by atoms with Crippen molar-refractivity contribution >= 4 is 11.9 Å². The van der Waals surface area contributed by atoms with Crippen molar-refractivity contribution in [3.05, 3.63) is 12.3 Å². The van der Waals surface area contributed by atoms with Crippen molar-refractivity contribution in [3.8, 4) is 5.88 Å². The molecule has 0 saturated carbocycles. The second-order valence-corrected chi connectivity index (χ2v) is 4.58. The predicted octanol–water partition coefficient (Wildman–Crippen LogP) is 1.17. The number of carbonyl (C=O) groups is 1. The van der Waals surface area contributed by atoms with Gasteiger partial charge >= 0.3 is 5.97 Å². The summed E-state index contributed by atoms with van der Waals surface area (Å²) in [6, 6.07) is 1.09. The molecule has 2 heterocycles. The minimum absolute atomic E-state index is 0.410. The van der Waals surface area contributed by atoms with Crippen molar-refractivity contribution in [3.63, 3.8) is 0 Å². The van der Waals surface area contributed by atoms with Crippen molar-refractivity contribution in [2.75, 3.05) is 18.6 Å². The lowest BCUT2D eigenvalue weighted by Gasteiger charge is -2.35. The number of anilines is 1. The molecule has 0 radical (unpaired) electrons. The van der Waals surface area contributed by atoms with Crippen LogP contribution >= 0.6 is 0 Å². The molecule has 1 saturated heterocycles. The zero-order valence-electron chi connectivity index (χ0n) is 10.5. The van der Waals surface area contributed by atoms with Gasteiger partial charge in [-0.15, -0.1) is 0 Å². The summed E-state index contributed by atoms with van der Waals surface area (Å²) in [4.78, 5) is 21.4. The Morgan fingerprint density at radius 3 is 3.06 bits per heavy atom. The molecule has 2 unspecified atom stereocenters. The molecule has 1 aromatic heterocycles. The highest BCUT2D eigenvalue weighted by Crippen LogP contribution is 2.26. The first-order valence-corrected chi connectivity index (χ1v) is 5.98. The maximum atomic E-state index is 11.3. The van der Waals surface area contributed by atoms with E-state index < -0.39 is 12.0 Å². The molecule has 2 rings (SSSR count). The van der Waals surface area contributed by atoms with Crippen LogP contribution in [0.15, 0.2) is 12.3 Å². The predicted molar refractivity (Wildman–Crippen MR) is 65.8 cm³/mol. The minimum atomic E-state index is -0.826. The van der Waals surface area contributed by atoms with Gasteiger partial charge < -0.3 is 14.7 Å². The monoisotopic (exact) mass is 251 g/mol. The van der Waals surface area contributed by atoms with E-state index in [2.05, 4.69) is 16.9 Å². The Labute approximate surface area is 106 Å². The molecular formula is C12H17N3O3. The molecule has 1 aliphatic heterocycles. The molecule has 0 aliphatic carbocycles. The fourth-order valence-electron chi connectivity index (χ4n) is 2.20. The molecule has 6 nitrogen and oxygen atoms in total. The van der Waals surface area contributed by atoms with Gasteiger partial charge in [-0.3, -0.25) is 0 Å². The van der Waals surface area contributed by atoms with Crippen LogP contribution in [0.2, 0.25) is 0 Å². The van der Waals surface area contributed by atoms with Crippen LogP contribution < -0.4 is 9.64 Å². The molecule has 0 spiro atoms. The Balaban J connectivity index is 2.26. The molecule has 1 aliphatic rings. The lowest BCUT2D eigenvalue weighted by molar-refractivity contribution is -0.139. The number of aliphatic carboxylic acids is 1. The highest BCUT2D eigenvalue weighted by atomic mass is 16.5. The number of ether oxygens (including phenoxy) is 1. The molecule has 1 aromatic rings. The first-order valence-electron chi connectivity index (χ1n) is 5.98. The Kier molecular flexibility index (Phi) is 3.64. The number of carboxylic acid groups (broad SMARTS) is 1. The lowest BCUT2D eigenvalue weighted by atomic mass is 9.93. The first-order chi connectivity index (χ1) is 8.61. The summed E-state index contributed by atoms with van der Waals surface area (Å²) in [6.07, 6.45) is 3.15. The topological polar surface area (TPSA) is 75.5 Å². The second kappa shape index (κ2) is 5.20. The van der Waals surface area contributed by atoms with Gasteiger partial charge in [0.2, 0.25) is 11.8 Å². The van der Waals surface area contributed by atoms with Crippen molar-refractivity contribution in [1.29, 1.82) is 0 Å². The summed E-state index contributed by atoms with van der Waals surface area (Å²) in [5.74, 6) is 0.456. The Bertz CT molecular complexity index is 438. The second-order valence-electron chi connectivity index (χ2n) is 4.58. The van der Waals surface area contributed by atoms with Crippen LogP contribution in [0.25, 0.3) is 0 Å². The number of carboxylic acids is 1. The van der Waals surface area contributed by atoms with E-state index in [1.165, 1.54) is 7.11 Å². The number of piperidine rings is 1. The van der Waals surface area contributed by atoms with Gasteiger partial charge in [0.25, 0.3) is 0 Å². The minimum Gasteiger partial charge on any atom is -0.481 e. The van der Waals surface area contributed by atoms with Gasteiger partial charge in [0.1, 0.15) is 6.04 Å². The molecule has 1 fully saturated rings. The number of hydrogen-bond acceptors (Lipinski definition) is 5. The lowest BCUT2D eigenvalue weighted by Crippen LogP contribution is -2.47. The van der Waals surface area contributed by atoms with E-state index in [1.54, 1.807) is 17.2 Å². The molecule has 0 amide bonds. The standard InChI is InChI=1S/C12H17N3O3/c1-8-4-6-15(9(7-8)11(16)17)12-13-5-3-10(14-12)18-2/h3,5,8-9H,4,6-7H2,1-2H3,(H,16,17). The average Bonchev–Trinajstić information content (AvgIpc) is 2.38. The van der Waals surface area contributed by atoms with E-state index in [0.29, 0.717) is 30.7 Å². The van der Waals surface area contributed by atoms with Gasteiger partial charge in [-0.05, 0) is 18.8 Å². The van der Waals surface area contributed by atoms with E-state index in [0.717, 1.165) is 6.42 Å². The maximum Gasteiger partial charge on any atom is 0.326 e. The molecule has 0 aromatic carbocycles. The maximum absolute atomic E-state index is 11.3. The van der Waals surface area contributed by atoms with Gasteiger partial charge in [-0.2, -0.15) is 4.98 Å². The summed E-state index contributed by atoms with van der Waals surface area (Å²) >= 11 is 0. The van der Waals surface area contributed by atoms with Gasteiger partial charge in [0.05, 0.1) is 7.11 Å². The summed E-state index contributed by atoms with van der Waals surface area (Å²) in [5, 5.41) is 9.29. The molecule has 6 heteroatoms. The Hall–Kier alpha value is -1.85. The largest absolute Gasteiger partial charge is 0.481 e. The van der Waals surface area contributed by atoms with Crippen molar-refractivity contribution < 1.29 is 14.6 Å². The first kappa shape index (κ1) is 12.6. The van der Waals surface area contributed by atoms with Gasteiger partial charge in [-0.1, -0.05) is 6.92 Å². The van der Waals surface area contributed by atoms with Crippen LogP contribution in [-0.4, -0.2) is 40.7 Å². The van der Waals surface area contributed by atoms with Gasteiger partial charge in [-0.25, -0.2) is 9.78 Å². The molecule has 18 heavy (non-hydrogen) atoms. The normalized spacial score (nSPS) is 23.8. The summed E-state index contributed by atoms with van der Waals surface area (Å²) in [6.45, 7) is 2.73. The van der Waals surface area contributed by atoms with E-state index in [9.17, 15) is 9.90 Å². The van der Waals surface area contributed by atoms with Crippen molar-refractivity contribution in [2.45, 2.75) is 25.8 Å². The molecule has 2 atom stereocenters. The van der Waals surface area contributed by atoms with Crippen molar-refractivity contribution in [2.24, 2.45) is 5.92 Å². The Morgan fingerprint density at radius 2 is 2.39 bits per heavy atom. The van der Waals surface area contributed by atoms with Gasteiger partial charge in [0, 0.05) is 18.8 Å². The van der Waals surface area contributed by atoms with Crippen molar-refractivity contribution in [1.82, 2.24) is 9.97 Å². The summed E-state index contributed by atoms with van der Waals surface area (Å²) in [5.41, 5.74) is 0. The highest BCUT2D eigenvalue weighted by Gasteiger charge is 2.33. The number of nitrogens with zero attached hydrogens (tertiary/aromatic N) is 3. The van der Waals surface area contributed by atoms with E-state index in [-0.39, 0.29) is 0 Å². The summed E-state index contributed by atoms with van der Waals surface area (Å²) in [7, 11) is 1.53. The fourth-order valence-corrected chi connectivity index (χ4v) is 2.20. The molecular weight excluding hydrogens is 234 g/mol. The summed E-state index contributed by atoms with van der Waals surface area (Å²) < 4.78 is 5.04. The molecule has 1 N–H and O–H groups in total. The van der Waals surface area contributed by atoms with Crippen LogP contribution in [0, 0.1) is 5.92 Å². The van der Waals surface area contributed by atoms with Crippen LogP contribution in [0.1, 0.15) is 19.8 Å². The molecule has 0 bridgehead atoms.